The van der Waals surface area contributed by atoms with Crippen LogP contribution in [0.3, 0.4) is 0 Å². The Balaban J connectivity index is 3.35. The smallest absolute Gasteiger partial charge is 0.0994 e. The third-order valence-electron chi connectivity index (χ3n) is 1.66. The molecule has 0 radical (unpaired) electrons. The molecule has 0 unspecified atom stereocenters. The quantitative estimate of drug-likeness (QED) is 0.583. The molecule has 0 N–H and O–H groups in total. The van der Waals surface area contributed by atoms with E-state index in [9.17, 15) is 0 Å². The molecule has 0 spiro atoms. The van der Waals surface area contributed by atoms with E-state index in [4.69, 9.17) is 5.26 Å². The third kappa shape index (κ3) is 1.55. The van der Waals surface area contributed by atoms with Crippen LogP contribution in [0.1, 0.15) is 16.7 Å². The van der Waals surface area contributed by atoms with Crippen molar-refractivity contribution in [3.05, 3.63) is 28.8 Å². The van der Waals surface area contributed by atoms with E-state index in [0.717, 1.165) is 16.0 Å². The fourth-order valence-electron chi connectivity index (χ4n) is 0.961. The summed E-state index contributed by atoms with van der Waals surface area (Å²) in [6, 6.07) is 5.89. The van der Waals surface area contributed by atoms with E-state index in [-0.39, 0.29) is 0 Å². The van der Waals surface area contributed by atoms with Crippen molar-refractivity contribution in [2.24, 2.45) is 0 Å². The molecule has 0 saturated heterocycles. The van der Waals surface area contributed by atoms with E-state index >= 15 is 0 Å². The largest absolute Gasteiger partial charge is 0.192 e. The minimum absolute atomic E-state index is 0.709. The van der Waals surface area contributed by atoms with Crippen molar-refractivity contribution < 1.29 is 0 Å². The summed E-state index contributed by atoms with van der Waals surface area (Å²) in [4.78, 5) is 0.882. The highest BCUT2D eigenvalue weighted by molar-refractivity contribution is 7.80. The zero-order valence-electron chi connectivity index (χ0n) is 6.55. The molecule has 0 saturated carbocycles. The highest BCUT2D eigenvalue weighted by Gasteiger charge is 1.99. The number of benzene rings is 1. The van der Waals surface area contributed by atoms with E-state index in [1.165, 1.54) is 0 Å². The summed E-state index contributed by atoms with van der Waals surface area (Å²) in [5, 5.41) is 8.65. The van der Waals surface area contributed by atoms with Crippen LogP contribution in [0.25, 0.3) is 0 Å². The lowest BCUT2D eigenvalue weighted by atomic mass is 10.1. The molecular weight excluding hydrogens is 154 g/mol. The van der Waals surface area contributed by atoms with Crippen molar-refractivity contribution >= 4 is 12.6 Å². The van der Waals surface area contributed by atoms with Gasteiger partial charge in [-0.3, -0.25) is 0 Å². The number of hydrogen-bond acceptors (Lipinski definition) is 2. The molecule has 0 aliphatic rings. The van der Waals surface area contributed by atoms with E-state index in [1.807, 2.05) is 19.9 Å². The van der Waals surface area contributed by atoms with Gasteiger partial charge in [0.05, 0.1) is 11.6 Å². The zero-order valence-corrected chi connectivity index (χ0v) is 7.44. The van der Waals surface area contributed by atoms with Gasteiger partial charge in [-0.1, -0.05) is 6.07 Å². The summed E-state index contributed by atoms with van der Waals surface area (Å²) in [5.74, 6) is 0. The molecule has 1 aromatic carbocycles. The molecule has 0 bridgehead atoms. The average molecular weight is 163 g/mol. The minimum atomic E-state index is 0.709. The van der Waals surface area contributed by atoms with Gasteiger partial charge < -0.3 is 0 Å². The molecule has 0 fully saturated rings. The van der Waals surface area contributed by atoms with Gasteiger partial charge in [-0.25, -0.2) is 0 Å². The molecule has 11 heavy (non-hydrogen) atoms. The number of nitriles is 1. The topological polar surface area (TPSA) is 23.8 Å². The van der Waals surface area contributed by atoms with E-state index in [1.54, 1.807) is 6.07 Å². The zero-order chi connectivity index (χ0) is 8.43. The van der Waals surface area contributed by atoms with Gasteiger partial charge in [-0.15, -0.1) is 12.6 Å². The van der Waals surface area contributed by atoms with Crippen LogP contribution in [0.4, 0.5) is 0 Å². The van der Waals surface area contributed by atoms with Crippen molar-refractivity contribution in [2.45, 2.75) is 18.7 Å². The maximum absolute atomic E-state index is 8.65. The van der Waals surface area contributed by atoms with Gasteiger partial charge >= 0.3 is 0 Å². The highest BCUT2D eigenvalue weighted by atomic mass is 32.1. The second-order valence-electron chi connectivity index (χ2n) is 2.57. The van der Waals surface area contributed by atoms with Crippen LogP contribution in [-0.2, 0) is 0 Å². The molecule has 0 amide bonds. The van der Waals surface area contributed by atoms with E-state index < -0.39 is 0 Å². The Morgan fingerprint density at radius 2 is 1.91 bits per heavy atom. The normalized spacial score (nSPS) is 9.27. The molecule has 0 heterocycles. The van der Waals surface area contributed by atoms with Gasteiger partial charge in [-0.05, 0) is 31.0 Å². The first-order valence-electron chi connectivity index (χ1n) is 3.35. The molecule has 1 aromatic rings. The van der Waals surface area contributed by atoms with E-state index in [2.05, 4.69) is 18.7 Å². The van der Waals surface area contributed by atoms with Crippen molar-refractivity contribution in [1.82, 2.24) is 0 Å². The molecule has 1 nitrogen and oxygen atoms in total. The number of nitrogens with zero attached hydrogens (tertiary/aromatic N) is 1. The van der Waals surface area contributed by atoms with Gasteiger partial charge in [0.15, 0.2) is 0 Å². The Morgan fingerprint density at radius 1 is 1.27 bits per heavy atom. The monoisotopic (exact) mass is 163 g/mol. The lowest BCUT2D eigenvalue weighted by molar-refractivity contribution is 1.25. The molecular formula is C9H9NS. The van der Waals surface area contributed by atoms with Gasteiger partial charge in [0.1, 0.15) is 0 Å². The molecule has 0 aliphatic carbocycles. The molecule has 2 heteroatoms. The SMILES string of the molecule is Cc1cc(C)c(C#N)cc1S. The van der Waals surface area contributed by atoms with Crippen LogP contribution >= 0.6 is 12.6 Å². The van der Waals surface area contributed by atoms with Crippen LogP contribution < -0.4 is 0 Å². The number of hydrogen-bond donors (Lipinski definition) is 1. The number of thiol groups is 1. The molecule has 0 atom stereocenters. The van der Waals surface area contributed by atoms with Gasteiger partial charge in [-0.2, -0.15) is 5.26 Å². The molecule has 56 valence electrons. The Bertz CT molecular complexity index is 323. The van der Waals surface area contributed by atoms with Crippen LogP contribution in [0.2, 0.25) is 0 Å². The van der Waals surface area contributed by atoms with Crippen LogP contribution in [0.15, 0.2) is 17.0 Å². The van der Waals surface area contributed by atoms with Crippen LogP contribution in [0.5, 0.6) is 0 Å². The van der Waals surface area contributed by atoms with Gasteiger partial charge in [0, 0.05) is 4.90 Å². The molecule has 0 aromatic heterocycles. The highest BCUT2D eigenvalue weighted by Crippen LogP contribution is 2.17. The average Bonchev–Trinajstić information content (AvgIpc) is 1.97. The van der Waals surface area contributed by atoms with Gasteiger partial charge in [0.25, 0.3) is 0 Å². The summed E-state index contributed by atoms with van der Waals surface area (Å²) in [6.07, 6.45) is 0. The fourth-order valence-corrected chi connectivity index (χ4v) is 1.15. The van der Waals surface area contributed by atoms with Crippen molar-refractivity contribution in [3.63, 3.8) is 0 Å². The lowest BCUT2D eigenvalue weighted by Gasteiger charge is -2.01. The maximum atomic E-state index is 8.65. The maximum Gasteiger partial charge on any atom is 0.0994 e. The predicted molar refractivity (Wildman–Crippen MR) is 47.9 cm³/mol. The summed E-state index contributed by atoms with van der Waals surface area (Å²) < 4.78 is 0. The Labute approximate surface area is 72.1 Å². The summed E-state index contributed by atoms with van der Waals surface area (Å²) in [5.41, 5.74) is 2.84. The predicted octanol–water partition coefficient (Wildman–Crippen LogP) is 2.46. The van der Waals surface area contributed by atoms with Crippen LogP contribution in [0, 0.1) is 25.2 Å². The minimum Gasteiger partial charge on any atom is -0.192 e. The third-order valence-corrected chi connectivity index (χ3v) is 2.15. The first kappa shape index (κ1) is 8.16. The standard InChI is InChI=1S/C9H9NS/c1-6-3-7(2)9(11)4-8(6)5-10/h3-4,11H,1-2H3. The van der Waals surface area contributed by atoms with Gasteiger partial charge in [0.2, 0.25) is 0 Å². The van der Waals surface area contributed by atoms with E-state index in [0.29, 0.717) is 5.56 Å². The van der Waals surface area contributed by atoms with Crippen molar-refractivity contribution in [3.8, 4) is 6.07 Å². The Morgan fingerprint density at radius 3 is 2.45 bits per heavy atom. The number of aryl methyl sites for hydroxylation is 2. The summed E-state index contributed by atoms with van der Waals surface area (Å²) in [7, 11) is 0. The van der Waals surface area contributed by atoms with Crippen LogP contribution in [-0.4, -0.2) is 0 Å². The fraction of sp³-hybridized carbons (Fsp3) is 0.222. The Kier molecular flexibility index (Phi) is 2.21. The Hall–Kier alpha value is -0.940. The second kappa shape index (κ2) is 2.98. The molecule has 1 rings (SSSR count). The first-order valence-corrected chi connectivity index (χ1v) is 3.80. The first-order chi connectivity index (χ1) is 5.15. The summed E-state index contributed by atoms with van der Waals surface area (Å²) in [6.45, 7) is 3.91. The number of rotatable bonds is 0. The van der Waals surface area contributed by atoms with Crippen molar-refractivity contribution in [1.29, 1.82) is 5.26 Å². The van der Waals surface area contributed by atoms with Crippen molar-refractivity contribution in [2.75, 3.05) is 0 Å². The lowest BCUT2D eigenvalue weighted by Crippen LogP contribution is -1.85. The molecule has 0 aliphatic heterocycles. The summed E-state index contributed by atoms with van der Waals surface area (Å²) >= 11 is 4.22. The second-order valence-corrected chi connectivity index (χ2v) is 3.05.